The zero-order valence-electron chi connectivity index (χ0n) is 8.04. The Hall–Kier alpha value is -1.36. The fourth-order valence-electron chi connectivity index (χ4n) is 1.69. The number of ether oxygens (including phenoxy) is 1. The Labute approximate surface area is 81.3 Å². The molecule has 0 bridgehead atoms. The number of rotatable bonds is 1. The highest BCUT2D eigenvalue weighted by Crippen LogP contribution is 2.32. The minimum atomic E-state index is -0.478. The van der Waals surface area contributed by atoms with Gasteiger partial charge in [0, 0.05) is 12.7 Å². The number of nitrogens with two attached hydrogens (primary N) is 1. The summed E-state index contributed by atoms with van der Waals surface area (Å²) < 4.78 is 5.55. The van der Waals surface area contributed by atoms with E-state index < -0.39 is 5.60 Å². The lowest BCUT2D eigenvalue weighted by Gasteiger charge is -2.21. The van der Waals surface area contributed by atoms with Gasteiger partial charge in [-0.3, -0.25) is 4.79 Å². The normalized spacial score (nSPS) is 26.6. The molecule has 3 N–H and O–H groups in total. The largest absolute Gasteiger partial charge is 0.383 e. The third kappa shape index (κ3) is 1.50. The van der Waals surface area contributed by atoms with Crippen LogP contribution in [-0.4, -0.2) is 16.6 Å². The zero-order valence-corrected chi connectivity index (χ0v) is 8.04. The Kier molecular flexibility index (Phi) is 2.03. The van der Waals surface area contributed by atoms with Gasteiger partial charge in [-0.15, -0.1) is 0 Å². The van der Waals surface area contributed by atoms with Gasteiger partial charge in [-0.05, 0) is 19.8 Å². The molecule has 0 saturated carbocycles. The standard InChI is InChI=1S/C9H13N3O2/c1-9(3-2-4-14-9)8-11-6(10)5-7(13)12-8/h5H,2-4H2,1H3,(H3,10,11,12,13). The van der Waals surface area contributed by atoms with Crippen LogP contribution in [0, 0.1) is 0 Å². The molecule has 2 rings (SSSR count). The first-order valence-electron chi connectivity index (χ1n) is 4.61. The summed E-state index contributed by atoms with van der Waals surface area (Å²) in [5.41, 5.74) is 4.79. The van der Waals surface area contributed by atoms with E-state index >= 15 is 0 Å². The highest BCUT2D eigenvalue weighted by molar-refractivity contribution is 5.26. The predicted octanol–water partition coefficient (Wildman–Crippen LogP) is 0.378. The Morgan fingerprint density at radius 3 is 3.07 bits per heavy atom. The van der Waals surface area contributed by atoms with Crippen molar-refractivity contribution in [2.75, 3.05) is 12.3 Å². The molecule has 0 aromatic carbocycles. The van der Waals surface area contributed by atoms with Gasteiger partial charge in [0.25, 0.3) is 5.56 Å². The zero-order chi connectivity index (χ0) is 10.2. The van der Waals surface area contributed by atoms with Crippen LogP contribution in [0.25, 0.3) is 0 Å². The van der Waals surface area contributed by atoms with Gasteiger partial charge in [0.15, 0.2) is 0 Å². The molecule has 1 unspecified atom stereocenters. The molecule has 14 heavy (non-hydrogen) atoms. The van der Waals surface area contributed by atoms with Gasteiger partial charge in [0.2, 0.25) is 0 Å². The fourth-order valence-corrected chi connectivity index (χ4v) is 1.69. The molecule has 0 radical (unpaired) electrons. The van der Waals surface area contributed by atoms with Crippen LogP contribution in [0.2, 0.25) is 0 Å². The fraction of sp³-hybridized carbons (Fsp3) is 0.556. The van der Waals surface area contributed by atoms with E-state index in [1.165, 1.54) is 6.07 Å². The summed E-state index contributed by atoms with van der Waals surface area (Å²) in [6.07, 6.45) is 1.84. The lowest BCUT2D eigenvalue weighted by Crippen LogP contribution is -2.27. The van der Waals surface area contributed by atoms with Crippen molar-refractivity contribution in [3.05, 3.63) is 22.2 Å². The number of nitrogens with zero attached hydrogens (tertiary/aromatic N) is 1. The second-order valence-electron chi connectivity index (χ2n) is 3.70. The van der Waals surface area contributed by atoms with E-state index in [4.69, 9.17) is 10.5 Å². The number of H-pyrrole nitrogens is 1. The van der Waals surface area contributed by atoms with Gasteiger partial charge < -0.3 is 15.5 Å². The number of anilines is 1. The molecule has 0 amide bonds. The second-order valence-corrected chi connectivity index (χ2v) is 3.70. The summed E-state index contributed by atoms with van der Waals surface area (Å²) in [6.45, 7) is 2.62. The first-order chi connectivity index (χ1) is 6.60. The van der Waals surface area contributed by atoms with E-state index in [1.807, 2.05) is 6.92 Å². The van der Waals surface area contributed by atoms with Crippen LogP contribution in [0.3, 0.4) is 0 Å². The van der Waals surface area contributed by atoms with Crippen LogP contribution in [0.4, 0.5) is 5.82 Å². The maximum Gasteiger partial charge on any atom is 0.253 e. The molecule has 76 valence electrons. The number of hydrogen-bond donors (Lipinski definition) is 2. The van der Waals surface area contributed by atoms with Crippen LogP contribution in [0.5, 0.6) is 0 Å². The number of nitrogen functional groups attached to an aromatic ring is 1. The van der Waals surface area contributed by atoms with Crippen molar-refractivity contribution >= 4 is 5.82 Å². The highest BCUT2D eigenvalue weighted by Gasteiger charge is 2.34. The molecule has 1 aliphatic rings. The maximum atomic E-state index is 11.2. The molecule has 5 nitrogen and oxygen atoms in total. The first kappa shape index (κ1) is 9.21. The minimum absolute atomic E-state index is 0.232. The van der Waals surface area contributed by atoms with Gasteiger partial charge >= 0.3 is 0 Å². The Morgan fingerprint density at radius 1 is 1.71 bits per heavy atom. The first-order valence-corrected chi connectivity index (χ1v) is 4.61. The number of aromatic nitrogens is 2. The molecule has 2 heterocycles. The van der Waals surface area contributed by atoms with Crippen molar-refractivity contribution in [2.45, 2.75) is 25.4 Å². The lowest BCUT2D eigenvalue weighted by molar-refractivity contribution is 0.00926. The molecular weight excluding hydrogens is 182 g/mol. The quantitative estimate of drug-likeness (QED) is 0.678. The van der Waals surface area contributed by atoms with E-state index in [9.17, 15) is 4.79 Å². The molecule has 1 atom stereocenters. The van der Waals surface area contributed by atoms with E-state index in [1.54, 1.807) is 0 Å². The predicted molar refractivity (Wildman–Crippen MR) is 51.8 cm³/mol. The number of nitrogens with one attached hydrogen (secondary N) is 1. The Balaban J connectivity index is 2.45. The van der Waals surface area contributed by atoms with Crippen LogP contribution in [0.15, 0.2) is 10.9 Å². The summed E-state index contributed by atoms with van der Waals surface area (Å²) in [7, 11) is 0. The van der Waals surface area contributed by atoms with Gasteiger partial charge in [0.1, 0.15) is 17.2 Å². The van der Waals surface area contributed by atoms with Crippen molar-refractivity contribution in [1.29, 1.82) is 0 Å². The minimum Gasteiger partial charge on any atom is -0.383 e. The van der Waals surface area contributed by atoms with Crippen molar-refractivity contribution < 1.29 is 4.74 Å². The average molecular weight is 195 g/mol. The van der Waals surface area contributed by atoms with Crippen LogP contribution in [-0.2, 0) is 10.3 Å². The third-order valence-electron chi connectivity index (χ3n) is 2.48. The van der Waals surface area contributed by atoms with Crippen LogP contribution in [0.1, 0.15) is 25.6 Å². The van der Waals surface area contributed by atoms with Crippen LogP contribution >= 0.6 is 0 Å². The van der Waals surface area contributed by atoms with E-state index in [-0.39, 0.29) is 11.4 Å². The van der Waals surface area contributed by atoms with Gasteiger partial charge in [0.05, 0.1) is 0 Å². The summed E-state index contributed by atoms with van der Waals surface area (Å²) in [6, 6.07) is 1.27. The van der Waals surface area contributed by atoms with Crippen LogP contribution < -0.4 is 11.3 Å². The van der Waals surface area contributed by atoms with Gasteiger partial charge in [-0.25, -0.2) is 4.98 Å². The monoisotopic (exact) mass is 195 g/mol. The van der Waals surface area contributed by atoms with E-state index in [2.05, 4.69) is 9.97 Å². The molecule has 1 saturated heterocycles. The summed E-state index contributed by atoms with van der Waals surface area (Å²) in [5.74, 6) is 0.764. The molecular formula is C9H13N3O2. The molecule has 0 spiro atoms. The van der Waals surface area contributed by atoms with E-state index in [0.717, 1.165) is 12.8 Å². The smallest absolute Gasteiger partial charge is 0.253 e. The Bertz CT molecular complexity index is 393. The van der Waals surface area contributed by atoms with Gasteiger partial charge in [-0.1, -0.05) is 0 Å². The Morgan fingerprint density at radius 2 is 2.50 bits per heavy atom. The lowest BCUT2D eigenvalue weighted by atomic mass is 10.0. The van der Waals surface area contributed by atoms with E-state index in [0.29, 0.717) is 12.4 Å². The molecule has 1 fully saturated rings. The number of hydrogen-bond acceptors (Lipinski definition) is 4. The molecule has 5 heteroatoms. The summed E-state index contributed by atoms with van der Waals surface area (Å²) in [5, 5.41) is 0. The van der Waals surface area contributed by atoms with Crippen molar-refractivity contribution in [1.82, 2.24) is 9.97 Å². The second kappa shape index (κ2) is 3.09. The average Bonchev–Trinajstić information content (AvgIpc) is 2.52. The molecule has 1 aromatic heterocycles. The van der Waals surface area contributed by atoms with Crippen molar-refractivity contribution in [3.63, 3.8) is 0 Å². The number of aromatic amines is 1. The SMILES string of the molecule is CC1(c2nc(N)cc(=O)[nH]2)CCCO1. The molecule has 0 aliphatic carbocycles. The topological polar surface area (TPSA) is 81.0 Å². The third-order valence-corrected chi connectivity index (χ3v) is 2.48. The molecule has 1 aromatic rings. The van der Waals surface area contributed by atoms with Crippen molar-refractivity contribution in [3.8, 4) is 0 Å². The highest BCUT2D eigenvalue weighted by atomic mass is 16.5. The summed E-state index contributed by atoms with van der Waals surface area (Å²) in [4.78, 5) is 17.9. The maximum absolute atomic E-state index is 11.2. The van der Waals surface area contributed by atoms with Gasteiger partial charge in [-0.2, -0.15) is 0 Å². The van der Waals surface area contributed by atoms with Crippen molar-refractivity contribution in [2.24, 2.45) is 0 Å². The summed E-state index contributed by atoms with van der Waals surface area (Å²) >= 11 is 0. The molecule has 1 aliphatic heterocycles.